The Morgan fingerprint density at radius 2 is 2.46 bits per heavy atom. The van der Waals surface area contributed by atoms with Gasteiger partial charge >= 0.3 is 0 Å². The quantitative estimate of drug-likeness (QED) is 0.737. The van der Waals surface area contributed by atoms with Gasteiger partial charge in [-0.3, -0.25) is 4.57 Å². The number of nitrogens with two attached hydrogens (primary N) is 1. The summed E-state index contributed by atoms with van der Waals surface area (Å²) in [5.41, 5.74) is 7.86. The van der Waals surface area contributed by atoms with Crippen LogP contribution in [0.25, 0.3) is 0 Å². The summed E-state index contributed by atoms with van der Waals surface area (Å²) in [5.74, 6) is 0. The summed E-state index contributed by atoms with van der Waals surface area (Å²) < 4.78 is 7.52. The van der Waals surface area contributed by atoms with Crippen LogP contribution < -0.4 is 10.5 Å². The van der Waals surface area contributed by atoms with Crippen molar-refractivity contribution in [2.24, 2.45) is 5.73 Å². The van der Waals surface area contributed by atoms with Gasteiger partial charge in [0, 0.05) is 5.69 Å². The van der Waals surface area contributed by atoms with E-state index in [0.29, 0.717) is 0 Å². The lowest BCUT2D eigenvalue weighted by atomic mass is 10.2. The first-order valence-corrected chi connectivity index (χ1v) is 4.72. The average Bonchev–Trinajstić information content (AvgIpc) is 2.62. The summed E-state index contributed by atoms with van der Waals surface area (Å²) in [6.45, 7) is 4.47. The van der Waals surface area contributed by atoms with Gasteiger partial charge in [-0.1, -0.05) is 0 Å². The molecule has 0 fully saturated rings. The van der Waals surface area contributed by atoms with Gasteiger partial charge in [-0.05, 0) is 26.3 Å². The van der Waals surface area contributed by atoms with Crippen LogP contribution in [0.5, 0.6) is 6.01 Å². The van der Waals surface area contributed by atoms with E-state index in [1.807, 2.05) is 6.92 Å². The molecule has 4 nitrogen and oxygen atoms in total. The third-order valence-corrected chi connectivity index (χ3v) is 2.40. The van der Waals surface area contributed by atoms with Crippen LogP contribution in [0.2, 0.25) is 0 Å². The molecule has 0 unspecified atom stereocenters. The average molecular weight is 181 g/mol. The molecule has 1 aliphatic rings. The van der Waals surface area contributed by atoms with E-state index in [2.05, 4.69) is 9.55 Å². The number of aromatic nitrogens is 2. The molecule has 2 heterocycles. The maximum atomic E-state index is 5.48. The van der Waals surface area contributed by atoms with Crippen LogP contribution in [0, 0.1) is 6.92 Å². The fourth-order valence-corrected chi connectivity index (χ4v) is 1.73. The molecule has 13 heavy (non-hydrogen) atoms. The molecule has 2 N–H and O–H groups in total. The minimum atomic E-state index is 0.737. The molecular formula is C9H15N3O. The summed E-state index contributed by atoms with van der Waals surface area (Å²) in [5, 5.41) is 0. The Balaban J connectivity index is 2.22. The summed E-state index contributed by atoms with van der Waals surface area (Å²) >= 11 is 0. The highest BCUT2D eigenvalue weighted by Gasteiger charge is 2.19. The molecule has 1 aromatic heterocycles. The number of rotatable bonds is 3. The van der Waals surface area contributed by atoms with Crippen LogP contribution in [0.3, 0.4) is 0 Å². The number of hydrogen-bond acceptors (Lipinski definition) is 3. The van der Waals surface area contributed by atoms with Crippen molar-refractivity contribution >= 4 is 0 Å². The predicted octanol–water partition coefficient (Wildman–Crippen LogP) is 0.475. The van der Waals surface area contributed by atoms with Crippen molar-refractivity contribution in [2.45, 2.75) is 26.3 Å². The van der Waals surface area contributed by atoms with Crippen LogP contribution in [0.4, 0.5) is 0 Å². The molecule has 0 aromatic carbocycles. The fourth-order valence-electron chi connectivity index (χ4n) is 1.73. The molecule has 72 valence electrons. The molecule has 0 saturated carbocycles. The van der Waals surface area contributed by atoms with E-state index >= 15 is 0 Å². The zero-order valence-electron chi connectivity index (χ0n) is 7.92. The number of imidazole rings is 1. The van der Waals surface area contributed by atoms with Gasteiger partial charge < -0.3 is 10.5 Å². The Bertz CT molecular complexity index is 306. The summed E-state index contributed by atoms with van der Waals surface area (Å²) in [7, 11) is 0. The maximum Gasteiger partial charge on any atom is 0.296 e. The Hall–Kier alpha value is -1.03. The molecule has 1 aromatic rings. The van der Waals surface area contributed by atoms with Gasteiger partial charge in [0.05, 0.1) is 12.2 Å². The third-order valence-electron chi connectivity index (χ3n) is 2.40. The van der Waals surface area contributed by atoms with Crippen molar-refractivity contribution in [3.05, 3.63) is 11.4 Å². The first-order chi connectivity index (χ1) is 6.33. The molecule has 0 spiro atoms. The van der Waals surface area contributed by atoms with E-state index in [1.165, 1.54) is 5.69 Å². The van der Waals surface area contributed by atoms with Crippen LogP contribution in [0.15, 0.2) is 0 Å². The second-order valence-corrected chi connectivity index (χ2v) is 3.32. The number of fused-ring (bicyclic) bond motifs is 1. The van der Waals surface area contributed by atoms with Gasteiger partial charge in [0.1, 0.15) is 6.61 Å². The van der Waals surface area contributed by atoms with Crippen molar-refractivity contribution in [3.63, 3.8) is 0 Å². The zero-order chi connectivity index (χ0) is 9.26. The second-order valence-electron chi connectivity index (χ2n) is 3.32. The molecule has 1 aliphatic heterocycles. The minimum absolute atomic E-state index is 0.737. The van der Waals surface area contributed by atoms with Gasteiger partial charge in [-0.15, -0.1) is 0 Å². The maximum absolute atomic E-state index is 5.48. The Kier molecular flexibility index (Phi) is 2.22. The smallest absolute Gasteiger partial charge is 0.296 e. The van der Waals surface area contributed by atoms with Crippen LogP contribution in [-0.2, 0) is 13.0 Å². The van der Waals surface area contributed by atoms with Crippen molar-refractivity contribution in [3.8, 4) is 6.01 Å². The van der Waals surface area contributed by atoms with Crippen LogP contribution >= 0.6 is 0 Å². The van der Waals surface area contributed by atoms with E-state index in [0.717, 1.165) is 44.2 Å². The molecule has 0 saturated heterocycles. The van der Waals surface area contributed by atoms with Crippen molar-refractivity contribution < 1.29 is 4.74 Å². The fraction of sp³-hybridized carbons (Fsp3) is 0.667. The molecule has 2 rings (SSSR count). The van der Waals surface area contributed by atoms with Crippen molar-refractivity contribution in [2.75, 3.05) is 13.2 Å². The van der Waals surface area contributed by atoms with Crippen LogP contribution in [-0.4, -0.2) is 22.7 Å². The van der Waals surface area contributed by atoms with Crippen molar-refractivity contribution in [1.29, 1.82) is 0 Å². The number of ether oxygens (including phenoxy) is 1. The molecule has 0 amide bonds. The highest BCUT2D eigenvalue weighted by molar-refractivity contribution is 5.21. The predicted molar refractivity (Wildman–Crippen MR) is 49.8 cm³/mol. The van der Waals surface area contributed by atoms with E-state index < -0.39 is 0 Å². The first kappa shape index (κ1) is 8.56. The minimum Gasteiger partial charge on any atom is -0.463 e. The molecule has 0 aliphatic carbocycles. The van der Waals surface area contributed by atoms with Gasteiger partial charge in [0.25, 0.3) is 6.01 Å². The normalized spacial score (nSPS) is 14.3. The number of aryl methyl sites for hydroxylation is 1. The second kappa shape index (κ2) is 3.38. The SMILES string of the molecule is Cc1nc2n(c1CCCN)CCO2. The Labute approximate surface area is 77.7 Å². The Morgan fingerprint density at radius 3 is 3.23 bits per heavy atom. The lowest BCUT2D eigenvalue weighted by Crippen LogP contribution is -2.06. The summed E-state index contributed by atoms with van der Waals surface area (Å²) in [6.07, 6.45) is 2.03. The van der Waals surface area contributed by atoms with Gasteiger partial charge in [-0.25, -0.2) is 4.98 Å². The van der Waals surface area contributed by atoms with E-state index in [1.54, 1.807) is 0 Å². The monoisotopic (exact) mass is 181 g/mol. The van der Waals surface area contributed by atoms with Gasteiger partial charge in [-0.2, -0.15) is 0 Å². The zero-order valence-corrected chi connectivity index (χ0v) is 7.92. The molecule has 0 radical (unpaired) electrons. The highest BCUT2D eigenvalue weighted by atomic mass is 16.5. The van der Waals surface area contributed by atoms with Gasteiger partial charge in [0.2, 0.25) is 0 Å². The number of nitrogens with zero attached hydrogens (tertiary/aromatic N) is 2. The standard InChI is InChI=1S/C9H15N3O/c1-7-8(3-2-4-10)12-5-6-13-9(12)11-7/h2-6,10H2,1H3. The number of hydrogen-bond donors (Lipinski definition) is 1. The largest absolute Gasteiger partial charge is 0.463 e. The van der Waals surface area contributed by atoms with E-state index in [9.17, 15) is 0 Å². The summed E-state index contributed by atoms with van der Waals surface area (Å²) in [4.78, 5) is 4.34. The van der Waals surface area contributed by atoms with Crippen LogP contribution in [0.1, 0.15) is 17.8 Å². The Morgan fingerprint density at radius 1 is 1.62 bits per heavy atom. The molecule has 0 atom stereocenters. The van der Waals surface area contributed by atoms with E-state index in [-0.39, 0.29) is 0 Å². The topological polar surface area (TPSA) is 53.1 Å². The summed E-state index contributed by atoms with van der Waals surface area (Å²) in [6, 6.07) is 0.782. The lowest BCUT2D eigenvalue weighted by molar-refractivity contribution is 0.344. The third kappa shape index (κ3) is 1.42. The molecular weight excluding hydrogens is 166 g/mol. The molecule has 4 heteroatoms. The van der Waals surface area contributed by atoms with Crippen molar-refractivity contribution in [1.82, 2.24) is 9.55 Å². The highest BCUT2D eigenvalue weighted by Crippen LogP contribution is 2.22. The lowest BCUT2D eigenvalue weighted by Gasteiger charge is -2.02. The van der Waals surface area contributed by atoms with E-state index in [4.69, 9.17) is 10.5 Å². The first-order valence-electron chi connectivity index (χ1n) is 4.72. The van der Waals surface area contributed by atoms with Gasteiger partial charge in [0.15, 0.2) is 0 Å². The molecule has 0 bridgehead atoms.